The number of hydrogen-bond donors (Lipinski definition) is 2. The molecule has 0 spiro atoms. The van der Waals surface area contributed by atoms with E-state index in [1.54, 1.807) is 0 Å². The van der Waals surface area contributed by atoms with Crippen molar-refractivity contribution in [3.05, 3.63) is 23.8 Å². The van der Waals surface area contributed by atoms with E-state index in [0.29, 0.717) is 0 Å². The average Bonchev–Trinajstić information content (AvgIpc) is 2.85. The van der Waals surface area contributed by atoms with Gasteiger partial charge in [0.25, 0.3) is 0 Å². The number of carbonyl (C=O) groups excluding carboxylic acids is 1. The van der Waals surface area contributed by atoms with E-state index < -0.39 is 5.97 Å². The summed E-state index contributed by atoms with van der Waals surface area (Å²) in [7, 11) is 0. The van der Waals surface area contributed by atoms with Crippen LogP contribution in [0.3, 0.4) is 0 Å². The van der Waals surface area contributed by atoms with Gasteiger partial charge >= 0.3 is 5.97 Å². The van der Waals surface area contributed by atoms with Crippen molar-refractivity contribution in [3.63, 3.8) is 0 Å². The number of carboxylic acids is 1. The predicted molar refractivity (Wildman–Crippen MR) is 78.0 cm³/mol. The van der Waals surface area contributed by atoms with Crippen molar-refractivity contribution in [2.45, 2.75) is 31.7 Å². The third kappa shape index (κ3) is 3.18. The number of aliphatic carboxylic acids is 1. The molecule has 0 saturated heterocycles. The van der Waals surface area contributed by atoms with Gasteiger partial charge in [-0.05, 0) is 30.4 Å². The Kier molecular flexibility index (Phi) is 3.83. The van der Waals surface area contributed by atoms with Crippen LogP contribution >= 0.6 is 11.7 Å². The number of carbonyl (C=O) groups is 2. The summed E-state index contributed by atoms with van der Waals surface area (Å²) in [6, 6.07) is 5.74. The first-order valence-corrected chi connectivity index (χ1v) is 7.56. The first-order valence-electron chi connectivity index (χ1n) is 6.83. The van der Waals surface area contributed by atoms with Gasteiger partial charge in [0.2, 0.25) is 5.91 Å². The van der Waals surface area contributed by atoms with Crippen molar-refractivity contribution in [1.82, 2.24) is 14.1 Å². The number of aromatic nitrogens is 2. The lowest BCUT2D eigenvalue weighted by Gasteiger charge is -2.34. The van der Waals surface area contributed by atoms with Crippen LogP contribution in [-0.4, -0.2) is 31.8 Å². The maximum Gasteiger partial charge on any atom is 0.303 e. The zero-order valence-corrected chi connectivity index (χ0v) is 12.1. The van der Waals surface area contributed by atoms with Crippen LogP contribution in [0.15, 0.2) is 18.2 Å². The van der Waals surface area contributed by atoms with E-state index in [2.05, 4.69) is 14.1 Å². The molecule has 110 valence electrons. The van der Waals surface area contributed by atoms with E-state index in [9.17, 15) is 9.59 Å². The molecule has 1 saturated carbocycles. The van der Waals surface area contributed by atoms with Crippen LogP contribution in [0.2, 0.25) is 0 Å². The molecule has 0 atom stereocenters. The van der Waals surface area contributed by atoms with Gasteiger partial charge in [-0.1, -0.05) is 12.1 Å². The standard InChI is InChI=1S/C14H15N3O3S/c18-12(15-10-4-8(5-10)6-13(19)20)7-9-2-1-3-11-14(9)17-21-16-11/h1-3,8,10H,4-7H2,(H,15,18)(H,19,20). The zero-order valence-electron chi connectivity index (χ0n) is 11.3. The highest BCUT2D eigenvalue weighted by atomic mass is 32.1. The largest absolute Gasteiger partial charge is 0.481 e. The summed E-state index contributed by atoms with van der Waals surface area (Å²) in [4.78, 5) is 22.6. The van der Waals surface area contributed by atoms with Crippen molar-refractivity contribution < 1.29 is 14.7 Å². The molecule has 3 rings (SSSR count). The summed E-state index contributed by atoms with van der Waals surface area (Å²) in [5.41, 5.74) is 2.48. The molecule has 6 nitrogen and oxygen atoms in total. The molecule has 7 heteroatoms. The molecule has 1 aliphatic rings. The number of amides is 1. The van der Waals surface area contributed by atoms with Crippen LogP contribution in [0, 0.1) is 5.92 Å². The van der Waals surface area contributed by atoms with E-state index in [-0.39, 0.29) is 30.7 Å². The molecule has 1 aromatic heterocycles. The number of nitrogens with one attached hydrogen (secondary N) is 1. The minimum absolute atomic E-state index is 0.0470. The summed E-state index contributed by atoms with van der Waals surface area (Å²) in [6.07, 6.45) is 1.97. The van der Waals surface area contributed by atoms with Crippen molar-refractivity contribution in [3.8, 4) is 0 Å². The first-order chi connectivity index (χ1) is 10.1. The SMILES string of the molecule is O=C(O)CC1CC(NC(=O)Cc2cccc3nsnc23)C1. The van der Waals surface area contributed by atoms with Gasteiger partial charge < -0.3 is 10.4 Å². The molecule has 0 unspecified atom stereocenters. The van der Waals surface area contributed by atoms with Crippen LogP contribution in [0.1, 0.15) is 24.8 Å². The van der Waals surface area contributed by atoms with E-state index >= 15 is 0 Å². The van der Waals surface area contributed by atoms with Crippen molar-refractivity contribution in [1.29, 1.82) is 0 Å². The topological polar surface area (TPSA) is 92.2 Å². The molecule has 1 aliphatic carbocycles. The highest BCUT2D eigenvalue weighted by Gasteiger charge is 2.31. The molecule has 1 heterocycles. The smallest absolute Gasteiger partial charge is 0.303 e. The summed E-state index contributed by atoms with van der Waals surface area (Å²) in [5.74, 6) is -0.624. The lowest BCUT2D eigenvalue weighted by molar-refractivity contribution is -0.138. The van der Waals surface area contributed by atoms with Crippen molar-refractivity contribution in [2.75, 3.05) is 0 Å². The molecule has 21 heavy (non-hydrogen) atoms. The van der Waals surface area contributed by atoms with Gasteiger partial charge in [-0.2, -0.15) is 8.75 Å². The van der Waals surface area contributed by atoms with Crippen LogP contribution in [-0.2, 0) is 16.0 Å². The molecule has 1 aromatic carbocycles. The number of rotatable bonds is 5. The molecule has 0 bridgehead atoms. The number of fused-ring (bicyclic) bond motifs is 1. The minimum Gasteiger partial charge on any atom is -0.481 e. The van der Waals surface area contributed by atoms with Crippen LogP contribution in [0.25, 0.3) is 11.0 Å². The lowest BCUT2D eigenvalue weighted by atomic mass is 9.78. The van der Waals surface area contributed by atoms with E-state index in [1.807, 2.05) is 18.2 Å². The Morgan fingerprint density at radius 2 is 2.14 bits per heavy atom. The van der Waals surface area contributed by atoms with Gasteiger partial charge in [-0.15, -0.1) is 0 Å². The summed E-state index contributed by atoms with van der Waals surface area (Å²) >= 11 is 1.14. The Bertz CT molecular complexity index is 679. The lowest BCUT2D eigenvalue weighted by Crippen LogP contribution is -2.45. The predicted octanol–water partition coefficient (Wildman–Crippen LogP) is 1.60. The minimum atomic E-state index is -0.771. The summed E-state index contributed by atoms with van der Waals surface area (Å²) in [5, 5.41) is 11.6. The molecule has 0 radical (unpaired) electrons. The molecular weight excluding hydrogens is 290 g/mol. The number of nitrogens with zero attached hydrogens (tertiary/aromatic N) is 2. The first kappa shape index (κ1) is 13.9. The second-order valence-corrected chi connectivity index (χ2v) is 5.95. The maximum absolute atomic E-state index is 12.0. The molecule has 2 aromatic rings. The van der Waals surface area contributed by atoms with Gasteiger partial charge in [0.1, 0.15) is 11.0 Å². The van der Waals surface area contributed by atoms with Gasteiger partial charge in [-0.3, -0.25) is 9.59 Å². The number of benzene rings is 1. The second kappa shape index (κ2) is 5.77. The highest BCUT2D eigenvalue weighted by Crippen LogP contribution is 2.30. The Morgan fingerprint density at radius 1 is 1.33 bits per heavy atom. The van der Waals surface area contributed by atoms with Crippen LogP contribution in [0.4, 0.5) is 0 Å². The Hall–Kier alpha value is -2.02. The summed E-state index contributed by atoms with van der Waals surface area (Å²) < 4.78 is 8.37. The van der Waals surface area contributed by atoms with E-state index in [1.165, 1.54) is 0 Å². The van der Waals surface area contributed by atoms with Gasteiger partial charge in [0, 0.05) is 12.5 Å². The fourth-order valence-electron chi connectivity index (χ4n) is 2.72. The number of hydrogen-bond acceptors (Lipinski definition) is 5. The molecular formula is C14H15N3O3S. The second-order valence-electron chi connectivity index (χ2n) is 5.43. The fourth-order valence-corrected chi connectivity index (χ4v) is 3.29. The quantitative estimate of drug-likeness (QED) is 0.875. The summed E-state index contributed by atoms with van der Waals surface area (Å²) in [6.45, 7) is 0. The van der Waals surface area contributed by atoms with E-state index in [4.69, 9.17) is 5.11 Å². The normalized spacial score (nSPS) is 21.0. The maximum atomic E-state index is 12.0. The molecule has 2 N–H and O–H groups in total. The highest BCUT2D eigenvalue weighted by molar-refractivity contribution is 7.00. The number of carboxylic acid groups (broad SMARTS) is 1. The monoisotopic (exact) mass is 305 g/mol. The molecule has 1 fully saturated rings. The fraction of sp³-hybridized carbons (Fsp3) is 0.429. The van der Waals surface area contributed by atoms with Gasteiger partial charge in [-0.25, -0.2) is 0 Å². The van der Waals surface area contributed by atoms with Crippen molar-refractivity contribution in [2.24, 2.45) is 5.92 Å². The zero-order chi connectivity index (χ0) is 14.8. The van der Waals surface area contributed by atoms with Crippen molar-refractivity contribution >= 4 is 34.6 Å². The Morgan fingerprint density at radius 3 is 2.90 bits per heavy atom. The molecule has 0 aliphatic heterocycles. The Balaban J connectivity index is 1.54. The van der Waals surface area contributed by atoms with E-state index in [0.717, 1.165) is 41.2 Å². The third-order valence-corrected chi connectivity index (χ3v) is 4.33. The van der Waals surface area contributed by atoms with Crippen LogP contribution in [0.5, 0.6) is 0 Å². The average molecular weight is 305 g/mol. The van der Waals surface area contributed by atoms with Crippen LogP contribution < -0.4 is 5.32 Å². The molecule has 1 amide bonds. The Labute approximate surface area is 125 Å². The third-order valence-electron chi connectivity index (χ3n) is 3.78. The van der Waals surface area contributed by atoms with Gasteiger partial charge in [0.05, 0.1) is 18.1 Å². The van der Waals surface area contributed by atoms with Gasteiger partial charge in [0.15, 0.2) is 0 Å².